The van der Waals surface area contributed by atoms with E-state index >= 15 is 0 Å². The Bertz CT molecular complexity index is 456. The van der Waals surface area contributed by atoms with Crippen LogP contribution in [0.5, 0.6) is 5.75 Å². The molecule has 0 aromatic heterocycles. The van der Waals surface area contributed by atoms with Gasteiger partial charge in [0.2, 0.25) is 5.91 Å². The van der Waals surface area contributed by atoms with Gasteiger partial charge in [0.1, 0.15) is 12.4 Å². The van der Waals surface area contributed by atoms with Crippen LogP contribution in [0.1, 0.15) is 52.0 Å². The van der Waals surface area contributed by atoms with Gasteiger partial charge in [0.05, 0.1) is 12.1 Å². The van der Waals surface area contributed by atoms with Crippen molar-refractivity contribution in [3.63, 3.8) is 0 Å². The zero-order valence-corrected chi connectivity index (χ0v) is 13.6. The molecule has 0 saturated carbocycles. The van der Waals surface area contributed by atoms with E-state index in [1.165, 1.54) is 5.56 Å². The lowest BCUT2D eigenvalue weighted by Crippen LogP contribution is -2.52. The molecule has 0 bridgehead atoms. The van der Waals surface area contributed by atoms with Gasteiger partial charge in [-0.25, -0.2) is 0 Å². The molecule has 4 nitrogen and oxygen atoms in total. The Morgan fingerprint density at radius 2 is 2.05 bits per heavy atom. The van der Waals surface area contributed by atoms with Crippen molar-refractivity contribution in [2.45, 2.75) is 52.0 Å². The number of benzene rings is 1. The van der Waals surface area contributed by atoms with E-state index in [-0.39, 0.29) is 5.91 Å². The Balaban J connectivity index is 2.43. The second kappa shape index (κ2) is 8.03. The van der Waals surface area contributed by atoms with Crippen LogP contribution >= 0.6 is 0 Å². The summed E-state index contributed by atoms with van der Waals surface area (Å²) in [4.78, 5) is 11.9. The van der Waals surface area contributed by atoms with Crippen LogP contribution in [0.15, 0.2) is 24.3 Å². The van der Waals surface area contributed by atoms with E-state index in [1.807, 2.05) is 25.1 Å². The standard InChI is InChI=1S/C17H28N2O2/c1-5-10-17(4,18)16(20)19-11-12-21-15-9-7-6-8-14(15)13(2)3/h6-9,13H,5,10-12,18H2,1-4H3,(H,19,20). The number of carbonyl (C=O) groups excluding carboxylic acids is 1. The average molecular weight is 292 g/mol. The first-order valence-corrected chi connectivity index (χ1v) is 7.67. The molecule has 0 aliphatic carbocycles. The van der Waals surface area contributed by atoms with Gasteiger partial charge in [-0.1, -0.05) is 45.4 Å². The molecule has 0 aliphatic rings. The van der Waals surface area contributed by atoms with E-state index in [4.69, 9.17) is 10.5 Å². The highest BCUT2D eigenvalue weighted by Gasteiger charge is 2.26. The molecule has 1 aromatic rings. The summed E-state index contributed by atoms with van der Waals surface area (Å²) in [6, 6.07) is 7.99. The number of hydrogen-bond donors (Lipinski definition) is 2. The first kappa shape index (κ1) is 17.5. The van der Waals surface area contributed by atoms with E-state index in [0.717, 1.165) is 12.2 Å². The molecule has 1 aromatic carbocycles. The van der Waals surface area contributed by atoms with Crippen LogP contribution in [0.25, 0.3) is 0 Å². The molecule has 1 unspecified atom stereocenters. The molecule has 21 heavy (non-hydrogen) atoms. The van der Waals surface area contributed by atoms with Crippen molar-refractivity contribution >= 4 is 5.91 Å². The summed E-state index contributed by atoms with van der Waals surface area (Å²) >= 11 is 0. The maximum absolute atomic E-state index is 11.9. The molecule has 1 atom stereocenters. The van der Waals surface area contributed by atoms with Crippen LogP contribution in [0.2, 0.25) is 0 Å². The van der Waals surface area contributed by atoms with Gasteiger partial charge >= 0.3 is 0 Å². The molecule has 0 heterocycles. The predicted octanol–water partition coefficient (Wildman–Crippen LogP) is 2.82. The maximum Gasteiger partial charge on any atom is 0.239 e. The summed E-state index contributed by atoms with van der Waals surface area (Å²) in [5, 5.41) is 2.84. The van der Waals surface area contributed by atoms with Crippen molar-refractivity contribution in [1.29, 1.82) is 0 Å². The van der Waals surface area contributed by atoms with Crippen molar-refractivity contribution in [2.75, 3.05) is 13.2 Å². The number of nitrogens with one attached hydrogen (secondary N) is 1. The number of para-hydroxylation sites is 1. The van der Waals surface area contributed by atoms with Gasteiger partial charge in [-0.2, -0.15) is 0 Å². The fourth-order valence-electron chi connectivity index (χ4n) is 2.25. The lowest BCUT2D eigenvalue weighted by molar-refractivity contribution is -0.126. The minimum atomic E-state index is -0.801. The third-order valence-electron chi connectivity index (χ3n) is 3.47. The zero-order chi connectivity index (χ0) is 15.9. The zero-order valence-electron chi connectivity index (χ0n) is 13.6. The van der Waals surface area contributed by atoms with Gasteiger partial charge < -0.3 is 15.8 Å². The number of rotatable bonds is 8. The van der Waals surface area contributed by atoms with E-state index in [2.05, 4.69) is 25.2 Å². The molecule has 1 amide bonds. The summed E-state index contributed by atoms with van der Waals surface area (Å²) in [6.07, 6.45) is 1.56. The lowest BCUT2D eigenvalue weighted by atomic mass is 9.97. The fraction of sp³-hybridized carbons (Fsp3) is 0.588. The summed E-state index contributed by atoms with van der Waals surface area (Å²) in [6.45, 7) is 8.95. The van der Waals surface area contributed by atoms with Crippen molar-refractivity contribution in [3.8, 4) is 5.75 Å². The van der Waals surface area contributed by atoms with Crippen LogP contribution in [-0.4, -0.2) is 24.6 Å². The SMILES string of the molecule is CCCC(C)(N)C(=O)NCCOc1ccccc1C(C)C. The first-order valence-electron chi connectivity index (χ1n) is 7.67. The fourth-order valence-corrected chi connectivity index (χ4v) is 2.25. The highest BCUT2D eigenvalue weighted by Crippen LogP contribution is 2.25. The molecule has 0 fully saturated rings. The van der Waals surface area contributed by atoms with Crippen molar-refractivity contribution in [2.24, 2.45) is 5.73 Å². The van der Waals surface area contributed by atoms with Gasteiger partial charge in [0.25, 0.3) is 0 Å². The topological polar surface area (TPSA) is 64.4 Å². The van der Waals surface area contributed by atoms with E-state index in [0.29, 0.717) is 25.5 Å². The molecule has 0 spiro atoms. The highest BCUT2D eigenvalue weighted by atomic mass is 16.5. The molecule has 4 heteroatoms. The minimum Gasteiger partial charge on any atom is -0.491 e. The van der Waals surface area contributed by atoms with Gasteiger partial charge in [-0.3, -0.25) is 4.79 Å². The summed E-state index contributed by atoms with van der Waals surface area (Å²) in [7, 11) is 0. The smallest absolute Gasteiger partial charge is 0.239 e. The number of hydrogen-bond acceptors (Lipinski definition) is 3. The Kier molecular flexibility index (Phi) is 6.69. The molecule has 0 saturated heterocycles. The Morgan fingerprint density at radius 1 is 1.38 bits per heavy atom. The Morgan fingerprint density at radius 3 is 2.67 bits per heavy atom. The molecule has 1 rings (SSSR count). The summed E-state index contributed by atoms with van der Waals surface area (Å²) < 4.78 is 5.77. The molecule has 0 aliphatic heterocycles. The third kappa shape index (κ3) is 5.38. The third-order valence-corrected chi connectivity index (χ3v) is 3.47. The van der Waals surface area contributed by atoms with E-state index in [9.17, 15) is 4.79 Å². The number of amides is 1. The largest absolute Gasteiger partial charge is 0.491 e. The highest BCUT2D eigenvalue weighted by molar-refractivity contribution is 5.85. The van der Waals surface area contributed by atoms with Crippen LogP contribution < -0.4 is 15.8 Å². The van der Waals surface area contributed by atoms with Crippen molar-refractivity contribution in [1.82, 2.24) is 5.32 Å². The predicted molar refractivity (Wildman–Crippen MR) is 86.5 cm³/mol. The van der Waals surface area contributed by atoms with Crippen LogP contribution in [0.3, 0.4) is 0 Å². The van der Waals surface area contributed by atoms with E-state index < -0.39 is 5.54 Å². The molecular weight excluding hydrogens is 264 g/mol. The maximum atomic E-state index is 11.9. The van der Waals surface area contributed by atoms with Gasteiger partial charge in [0, 0.05) is 0 Å². The van der Waals surface area contributed by atoms with Crippen molar-refractivity contribution < 1.29 is 9.53 Å². The van der Waals surface area contributed by atoms with Gasteiger partial charge in [0.15, 0.2) is 0 Å². The lowest BCUT2D eigenvalue weighted by Gasteiger charge is -2.23. The Hall–Kier alpha value is -1.55. The van der Waals surface area contributed by atoms with Crippen LogP contribution in [0.4, 0.5) is 0 Å². The average Bonchev–Trinajstić information content (AvgIpc) is 2.43. The summed E-state index contributed by atoms with van der Waals surface area (Å²) in [5.74, 6) is 1.17. The summed E-state index contributed by atoms with van der Waals surface area (Å²) in [5.41, 5.74) is 6.35. The molecular formula is C17H28N2O2. The first-order chi connectivity index (χ1) is 9.88. The number of carbonyl (C=O) groups is 1. The number of ether oxygens (including phenoxy) is 1. The normalized spacial score (nSPS) is 13.8. The second-order valence-electron chi connectivity index (χ2n) is 5.96. The van der Waals surface area contributed by atoms with Crippen LogP contribution in [-0.2, 0) is 4.79 Å². The minimum absolute atomic E-state index is 0.120. The quantitative estimate of drug-likeness (QED) is 0.724. The molecule has 0 radical (unpaired) electrons. The van der Waals surface area contributed by atoms with Crippen molar-refractivity contribution in [3.05, 3.63) is 29.8 Å². The molecule has 118 valence electrons. The second-order valence-corrected chi connectivity index (χ2v) is 5.96. The van der Waals surface area contributed by atoms with Gasteiger partial charge in [-0.15, -0.1) is 0 Å². The van der Waals surface area contributed by atoms with Gasteiger partial charge in [-0.05, 0) is 30.9 Å². The van der Waals surface area contributed by atoms with E-state index in [1.54, 1.807) is 6.92 Å². The number of nitrogens with two attached hydrogens (primary N) is 1. The molecule has 3 N–H and O–H groups in total. The Labute approximate surface area is 128 Å². The van der Waals surface area contributed by atoms with Crippen LogP contribution in [0, 0.1) is 0 Å². The monoisotopic (exact) mass is 292 g/mol.